The van der Waals surface area contributed by atoms with Crippen molar-refractivity contribution >= 4 is 18.0 Å². The van der Waals surface area contributed by atoms with E-state index in [2.05, 4.69) is 10.6 Å². The monoisotopic (exact) mass is 232 g/mol. The van der Waals surface area contributed by atoms with Gasteiger partial charge in [-0.1, -0.05) is 12.8 Å². The number of anilines is 1. The van der Waals surface area contributed by atoms with Crippen molar-refractivity contribution in [1.82, 2.24) is 5.32 Å². The summed E-state index contributed by atoms with van der Waals surface area (Å²) >= 11 is 0. The van der Waals surface area contributed by atoms with Gasteiger partial charge in [-0.3, -0.25) is 9.59 Å². The Labute approximate surface area is 100 Å². The predicted molar refractivity (Wildman–Crippen MR) is 65.9 cm³/mol. The van der Waals surface area contributed by atoms with Gasteiger partial charge >= 0.3 is 0 Å². The number of nitrogens with one attached hydrogen (secondary N) is 2. The van der Waals surface area contributed by atoms with Gasteiger partial charge in [0.1, 0.15) is 0 Å². The minimum atomic E-state index is -0.0328. The molecule has 0 atom stereocenters. The third-order valence-electron chi connectivity index (χ3n) is 3.06. The molecule has 0 aromatic heterocycles. The Balaban J connectivity index is 1.96. The fourth-order valence-corrected chi connectivity index (χ4v) is 2.12. The second-order valence-corrected chi connectivity index (χ2v) is 4.29. The molecule has 0 unspecified atom stereocenters. The van der Waals surface area contributed by atoms with Crippen LogP contribution in [0.3, 0.4) is 0 Å². The number of benzene rings is 1. The average molecular weight is 232 g/mol. The first-order valence-electron chi connectivity index (χ1n) is 5.91. The number of carbonyl (C=O) groups is 2. The summed E-state index contributed by atoms with van der Waals surface area (Å²) in [4.78, 5) is 22.1. The van der Waals surface area contributed by atoms with E-state index in [0.717, 1.165) is 12.8 Å². The van der Waals surface area contributed by atoms with Gasteiger partial charge in [0.25, 0.3) is 5.91 Å². The zero-order valence-electron chi connectivity index (χ0n) is 9.61. The summed E-state index contributed by atoms with van der Waals surface area (Å²) in [5, 5.41) is 5.55. The summed E-state index contributed by atoms with van der Waals surface area (Å²) in [5.74, 6) is -0.0328. The summed E-state index contributed by atoms with van der Waals surface area (Å²) < 4.78 is 0. The fraction of sp³-hybridized carbons (Fsp3) is 0.385. The van der Waals surface area contributed by atoms with E-state index in [4.69, 9.17) is 0 Å². The van der Waals surface area contributed by atoms with Crippen LogP contribution in [0.25, 0.3) is 0 Å². The number of hydrogen-bond acceptors (Lipinski definition) is 2. The number of rotatable bonds is 4. The summed E-state index contributed by atoms with van der Waals surface area (Å²) in [6, 6.07) is 7.21. The SMILES string of the molecule is O=CNc1ccc(C(=O)NC2CCCC2)cc1. The molecule has 1 fully saturated rings. The topological polar surface area (TPSA) is 58.2 Å². The molecule has 1 aliphatic carbocycles. The van der Waals surface area contributed by atoms with Crippen molar-refractivity contribution < 1.29 is 9.59 Å². The maximum atomic E-state index is 11.9. The van der Waals surface area contributed by atoms with Gasteiger partial charge < -0.3 is 10.6 Å². The molecule has 2 N–H and O–H groups in total. The summed E-state index contributed by atoms with van der Waals surface area (Å²) in [5.41, 5.74) is 1.32. The van der Waals surface area contributed by atoms with Crippen LogP contribution in [0, 0.1) is 0 Å². The van der Waals surface area contributed by atoms with E-state index in [9.17, 15) is 9.59 Å². The highest BCUT2D eigenvalue weighted by atomic mass is 16.1. The van der Waals surface area contributed by atoms with E-state index >= 15 is 0 Å². The fourth-order valence-electron chi connectivity index (χ4n) is 2.12. The highest BCUT2D eigenvalue weighted by Gasteiger charge is 2.17. The van der Waals surface area contributed by atoms with Gasteiger partial charge in [-0.05, 0) is 37.1 Å². The lowest BCUT2D eigenvalue weighted by atomic mass is 10.1. The largest absolute Gasteiger partial charge is 0.349 e. The summed E-state index contributed by atoms with van der Waals surface area (Å²) in [7, 11) is 0. The van der Waals surface area contributed by atoms with Crippen LogP contribution in [0.4, 0.5) is 5.69 Å². The molecule has 0 spiro atoms. The lowest BCUT2D eigenvalue weighted by Crippen LogP contribution is -2.32. The molecule has 0 aliphatic heterocycles. The van der Waals surface area contributed by atoms with Gasteiger partial charge in [-0.15, -0.1) is 0 Å². The van der Waals surface area contributed by atoms with E-state index < -0.39 is 0 Å². The van der Waals surface area contributed by atoms with Crippen LogP contribution < -0.4 is 10.6 Å². The van der Waals surface area contributed by atoms with Crippen molar-refractivity contribution in [3.8, 4) is 0 Å². The highest BCUT2D eigenvalue weighted by Crippen LogP contribution is 2.18. The van der Waals surface area contributed by atoms with E-state index in [-0.39, 0.29) is 5.91 Å². The Hall–Kier alpha value is -1.84. The third kappa shape index (κ3) is 3.06. The van der Waals surface area contributed by atoms with Crippen LogP contribution in [0.15, 0.2) is 24.3 Å². The predicted octanol–water partition coefficient (Wildman–Crippen LogP) is 1.93. The molecule has 1 aliphatic rings. The smallest absolute Gasteiger partial charge is 0.251 e. The molecular weight excluding hydrogens is 216 g/mol. The van der Waals surface area contributed by atoms with Crippen molar-refractivity contribution in [2.24, 2.45) is 0 Å². The van der Waals surface area contributed by atoms with Crippen LogP contribution >= 0.6 is 0 Å². The lowest BCUT2D eigenvalue weighted by molar-refractivity contribution is -0.105. The summed E-state index contributed by atoms with van der Waals surface area (Å²) in [6.07, 6.45) is 5.18. The maximum absolute atomic E-state index is 11.9. The Bertz CT molecular complexity index is 394. The molecule has 0 bridgehead atoms. The molecule has 17 heavy (non-hydrogen) atoms. The van der Waals surface area contributed by atoms with Gasteiger partial charge in [-0.25, -0.2) is 0 Å². The molecule has 1 aromatic carbocycles. The molecule has 4 nitrogen and oxygen atoms in total. The van der Waals surface area contributed by atoms with Gasteiger partial charge in [-0.2, -0.15) is 0 Å². The van der Waals surface area contributed by atoms with Crippen molar-refractivity contribution in [1.29, 1.82) is 0 Å². The van der Waals surface area contributed by atoms with Gasteiger partial charge in [0.05, 0.1) is 0 Å². The van der Waals surface area contributed by atoms with E-state index in [1.54, 1.807) is 24.3 Å². The molecule has 0 heterocycles. The second-order valence-electron chi connectivity index (χ2n) is 4.29. The number of carbonyl (C=O) groups excluding carboxylic acids is 2. The zero-order chi connectivity index (χ0) is 12.1. The van der Waals surface area contributed by atoms with Gasteiger partial charge in [0.15, 0.2) is 0 Å². The third-order valence-corrected chi connectivity index (χ3v) is 3.06. The van der Waals surface area contributed by atoms with Crippen LogP contribution in [-0.4, -0.2) is 18.4 Å². The quantitative estimate of drug-likeness (QED) is 0.779. The van der Waals surface area contributed by atoms with Crippen LogP contribution in [0.1, 0.15) is 36.0 Å². The van der Waals surface area contributed by atoms with E-state index in [1.807, 2.05) is 0 Å². The Morgan fingerprint density at radius 1 is 1.18 bits per heavy atom. The van der Waals surface area contributed by atoms with E-state index in [1.165, 1.54) is 12.8 Å². The van der Waals surface area contributed by atoms with Crippen molar-refractivity contribution in [2.45, 2.75) is 31.7 Å². The first kappa shape index (κ1) is 11.6. The average Bonchev–Trinajstić information content (AvgIpc) is 2.83. The minimum Gasteiger partial charge on any atom is -0.349 e. The van der Waals surface area contributed by atoms with Crippen LogP contribution in [0.2, 0.25) is 0 Å². The normalized spacial score (nSPS) is 15.5. The van der Waals surface area contributed by atoms with Gasteiger partial charge in [0.2, 0.25) is 6.41 Å². The Kier molecular flexibility index (Phi) is 3.75. The summed E-state index contributed by atoms with van der Waals surface area (Å²) in [6.45, 7) is 0. The Morgan fingerprint density at radius 3 is 2.41 bits per heavy atom. The first-order chi connectivity index (χ1) is 8.29. The minimum absolute atomic E-state index is 0.0328. The first-order valence-corrected chi connectivity index (χ1v) is 5.91. The maximum Gasteiger partial charge on any atom is 0.251 e. The van der Waals surface area contributed by atoms with Crippen molar-refractivity contribution in [2.75, 3.05) is 5.32 Å². The lowest BCUT2D eigenvalue weighted by Gasteiger charge is -2.11. The number of amides is 2. The molecule has 1 saturated carbocycles. The number of hydrogen-bond donors (Lipinski definition) is 2. The highest BCUT2D eigenvalue weighted by molar-refractivity contribution is 5.94. The zero-order valence-corrected chi connectivity index (χ0v) is 9.61. The van der Waals surface area contributed by atoms with Crippen LogP contribution in [-0.2, 0) is 4.79 Å². The Morgan fingerprint density at radius 2 is 1.82 bits per heavy atom. The molecule has 90 valence electrons. The van der Waals surface area contributed by atoms with E-state index in [0.29, 0.717) is 23.7 Å². The standard InChI is InChI=1S/C13H16N2O2/c16-9-14-11-7-5-10(6-8-11)13(17)15-12-3-1-2-4-12/h5-9,12H,1-4H2,(H,14,16)(H,15,17). The second kappa shape index (κ2) is 5.48. The van der Waals surface area contributed by atoms with Crippen molar-refractivity contribution in [3.63, 3.8) is 0 Å². The molecule has 0 saturated heterocycles. The molecule has 4 heteroatoms. The van der Waals surface area contributed by atoms with Gasteiger partial charge in [0, 0.05) is 17.3 Å². The molecule has 2 amide bonds. The molecule has 2 rings (SSSR count). The molecule has 1 aromatic rings. The van der Waals surface area contributed by atoms with Crippen LogP contribution in [0.5, 0.6) is 0 Å². The van der Waals surface area contributed by atoms with Crippen molar-refractivity contribution in [3.05, 3.63) is 29.8 Å². The molecular formula is C13H16N2O2. The molecule has 0 radical (unpaired) electrons.